The number of aliphatic hydroxyl groups is 1. The summed E-state index contributed by atoms with van der Waals surface area (Å²) in [7, 11) is 0. The van der Waals surface area contributed by atoms with Crippen molar-refractivity contribution < 1.29 is 34.2 Å². The quantitative estimate of drug-likeness (QED) is 0.0935. The molecule has 206 valence electrons. The Morgan fingerprint density at radius 2 is 1.75 bits per heavy atom. The summed E-state index contributed by atoms with van der Waals surface area (Å²) in [5, 5.41) is 32.3. The lowest BCUT2D eigenvalue weighted by Gasteiger charge is -2.26. The van der Waals surface area contributed by atoms with Gasteiger partial charge >= 0.3 is 5.97 Å². The van der Waals surface area contributed by atoms with Gasteiger partial charge in [-0.15, -0.1) is 0 Å². The summed E-state index contributed by atoms with van der Waals surface area (Å²) >= 11 is 1.44. The Bertz CT molecular complexity index is 748. The molecule has 0 aliphatic carbocycles. The van der Waals surface area contributed by atoms with Crippen molar-refractivity contribution in [2.75, 3.05) is 31.6 Å². The minimum Gasteiger partial charge on any atom is -0.480 e. The molecule has 0 spiro atoms. The van der Waals surface area contributed by atoms with Crippen molar-refractivity contribution in [3.05, 3.63) is 0 Å². The van der Waals surface area contributed by atoms with Gasteiger partial charge in [-0.2, -0.15) is 11.8 Å². The molecule has 1 aliphatic rings. The average molecular weight is 533 g/mol. The van der Waals surface area contributed by atoms with Gasteiger partial charge in [-0.05, 0) is 70.5 Å². The van der Waals surface area contributed by atoms with Gasteiger partial charge in [0.1, 0.15) is 18.1 Å². The van der Waals surface area contributed by atoms with Crippen LogP contribution in [0.4, 0.5) is 0 Å². The van der Waals surface area contributed by atoms with Gasteiger partial charge in [-0.1, -0.05) is 0 Å². The van der Waals surface area contributed by atoms with Gasteiger partial charge in [0.25, 0.3) is 0 Å². The lowest BCUT2D eigenvalue weighted by Crippen LogP contribution is -2.59. The number of carboxylic acids is 1. The maximum Gasteiger partial charge on any atom is 0.326 e. The Balaban J connectivity index is 2.78. The van der Waals surface area contributed by atoms with Crippen molar-refractivity contribution in [3.63, 3.8) is 0 Å². The molecule has 5 atom stereocenters. The predicted octanol–water partition coefficient (Wildman–Crippen LogP) is -2.34. The number of carbonyl (C=O) groups excluding carboxylic acids is 4. The number of aliphatic hydroxyl groups excluding tert-OH is 1. The van der Waals surface area contributed by atoms with E-state index >= 15 is 0 Å². The number of nitrogens with one attached hydrogen (secondary N) is 5. The zero-order valence-corrected chi connectivity index (χ0v) is 21.7. The first-order valence-corrected chi connectivity index (χ1v) is 13.5. The lowest BCUT2D eigenvalue weighted by molar-refractivity contribution is -0.142. The maximum atomic E-state index is 12.9. The van der Waals surface area contributed by atoms with Crippen LogP contribution in [-0.4, -0.2) is 102 Å². The molecule has 13 nitrogen and oxygen atoms in total. The number of carboxylic acid groups (broad SMARTS) is 1. The number of nitrogens with two attached hydrogens (primary N) is 1. The molecule has 14 heteroatoms. The number of amides is 4. The van der Waals surface area contributed by atoms with Gasteiger partial charge in [-0.3, -0.25) is 19.2 Å². The summed E-state index contributed by atoms with van der Waals surface area (Å²) < 4.78 is 0. The molecule has 0 saturated carbocycles. The van der Waals surface area contributed by atoms with Crippen LogP contribution in [0, 0.1) is 0 Å². The van der Waals surface area contributed by atoms with Crippen LogP contribution in [0.5, 0.6) is 0 Å². The lowest BCUT2D eigenvalue weighted by atomic mass is 10.1. The van der Waals surface area contributed by atoms with Gasteiger partial charge < -0.3 is 42.5 Å². The number of carbonyl (C=O) groups is 5. The summed E-state index contributed by atoms with van der Waals surface area (Å²) in [5.74, 6) is -3.17. The van der Waals surface area contributed by atoms with Crippen molar-refractivity contribution in [1.29, 1.82) is 0 Å². The second-order valence-electron chi connectivity index (χ2n) is 8.68. The number of hydrogen-bond acceptors (Lipinski definition) is 9. The molecule has 0 aromatic rings. The highest BCUT2D eigenvalue weighted by Gasteiger charge is 2.31. The van der Waals surface area contributed by atoms with Crippen LogP contribution in [0.15, 0.2) is 0 Å². The molecule has 0 unspecified atom stereocenters. The van der Waals surface area contributed by atoms with Crippen LogP contribution in [0.2, 0.25) is 0 Å². The fourth-order valence-corrected chi connectivity index (χ4v) is 4.09. The minimum absolute atomic E-state index is 0.189. The molecule has 4 amide bonds. The normalized spacial score (nSPS) is 18.4. The van der Waals surface area contributed by atoms with Crippen LogP contribution in [-0.2, 0) is 24.0 Å². The molecule has 9 N–H and O–H groups in total. The monoisotopic (exact) mass is 532 g/mol. The molecule has 1 fully saturated rings. The van der Waals surface area contributed by atoms with Crippen LogP contribution in [0.25, 0.3) is 0 Å². The highest BCUT2D eigenvalue weighted by atomic mass is 32.2. The molecular weight excluding hydrogens is 492 g/mol. The van der Waals surface area contributed by atoms with Crippen LogP contribution in [0.1, 0.15) is 45.4 Å². The third kappa shape index (κ3) is 11.5. The summed E-state index contributed by atoms with van der Waals surface area (Å²) in [4.78, 5) is 61.7. The topological polar surface area (TPSA) is 212 Å². The van der Waals surface area contributed by atoms with Crippen LogP contribution >= 0.6 is 11.8 Å². The van der Waals surface area contributed by atoms with E-state index < -0.39 is 47.9 Å². The van der Waals surface area contributed by atoms with Crippen molar-refractivity contribution >= 4 is 41.4 Å². The van der Waals surface area contributed by atoms with Crippen molar-refractivity contribution in [2.45, 2.75) is 75.7 Å². The zero-order chi connectivity index (χ0) is 27.1. The number of rotatable bonds is 17. The standard InChI is InChI=1S/C22H40N6O7S/c1-13(29)18(28-17(30)12-25-19(31)14-7-5-10-24-14)21(33)26-15(6-3-4-9-23)20(32)27-16(22(34)35)8-11-36-2/h13-16,18,24,29H,3-12,23H2,1-2H3,(H,25,31)(H,26,33)(H,27,32)(H,28,30)(H,34,35)/t13-,14+,15+,16+,18+/m1/s1. The number of aliphatic carboxylic acids is 1. The average Bonchev–Trinajstić information content (AvgIpc) is 3.37. The van der Waals surface area contributed by atoms with E-state index in [0.29, 0.717) is 31.6 Å². The second-order valence-corrected chi connectivity index (χ2v) is 9.66. The SMILES string of the molecule is CSCC[C@H](NC(=O)[C@H](CCCCN)NC(=O)[C@@H](NC(=O)CNC(=O)[C@@H]1CCCN1)[C@@H](C)O)C(=O)O. The zero-order valence-electron chi connectivity index (χ0n) is 20.9. The predicted molar refractivity (Wildman–Crippen MR) is 135 cm³/mol. The molecular formula is C22H40N6O7S. The molecule has 1 saturated heterocycles. The van der Waals surface area contributed by atoms with E-state index in [9.17, 15) is 34.2 Å². The largest absolute Gasteiger partial charge is 0.480 e. The molecule has 1 rings (SSSR count). The van der Waals surface area contributed by atoms with Gasteiger partial charge in [0, 0.05) is 0 Å². The van der Waals surface area contributed by atoms with Crippen molar-refractivity contribution in [3.8, 4) is 0 Å². The van der Waals surface area contributed by atoms with Crippen molar-refractivity contribution in [2.24, 2.45) is 5.73 Å². The number of thioether (sulfide) groups is 1. The molecule has 1 heterocycles. The number of hydrogen-bond donors (Lipinski definition) is 8. The van der Waals surface area contributed by atoms with Crippen LogP contribution in [0.3, 0.4) is 0 Å². The maximum absolute atomic E-state index is 12.9. The molecule has 36 heavy (non-hydrogen) atoms. The van der Waals surface area contributed by atoms with E-state index in [1.54, 1.807) is 0 Å². The number of unbranched alkanes of at least 4 members (excludes halogenated alkanes) is 1. The Kier molecular flexibility index (Phi) is 15.0. The molecule has 1 aliphatic heterocycles. The molecule has 0 aromatic heterocycles. The van der Waals surface area contributed by atoms with Gasteiger partial charge in [-0.25, -0.2) is 4.79 Å². The fourth-order valence-electron chi connectivity index (χ4n) is 3.62. The van der Waals surface area contributed by atoms with Gasteiger partial charge in [0.2, 0.25) is 23.6 Å². The van der Waals surface area contributed by atoms with Gasteiger partial charge in [0.15, 0.2) is 0 Å². The van der Waals surface area contributed by atoms with E-state index in [1.165, 1.54) is 18.7 Å². The Labute approximate surface area is 215 Å². The summed E-state index contributed by atoms with van der Waals surface area (Å²) in [6.07, 6.45) is 3.51. The highest BCUT2D eigenvalue weighted by molar-refractivity contribution is 7.98. The second kappa shape index (κ2) is 17.1. The van der Waals surface area contributed by atoms with E-state index in [-0.39, 0.29) is 31.3 Å². The first-order valence-electron chi connectivity index (χ1n) is 12.1. The fraction of sp³-hybridized carbons (Fsp3) is 0.773. The minimum atomic E-state index is -1.39. The van der Waals surface area contributed by atoms with E-state index in [4.69, 9.17) is 5.73 Å². The molecule has 0 aromatic carbocycles. The van der Waals surface area contributed by atoms with Gasteiger partial charge in [0.05, 0.1) is 18.7 Å². The van der Waals surface area contributed by atoms with Crippen molar-refractivity contribution in [1.82, 2.24) is 26.6 Å². The smallest absolute Gasteiger partial charge is 0.326 e. The molecule has 0 bridgehead atoms. The first kappa shape index (κ1) is 31.6. The van der Waals surface area contributed by atoms with E-state index in [1.807, 2.05) is 6.26 Å². The summed E-state index contributed by atoms with van der Waals surface area (Å²) in [6, 6.07) is -3.97. The summed E-state index contributed by atoms with van der Waals surface area (Å²) in [5.41, 5.74) is 5.52. The molecule has 0 radical (unpaired) electrons. The first-order chi connectivity index (χ1) is 17.1. The third-order valence-electron chi connectivity index (χ3n) is 5.69. The third-order valence-corrected chi connectivity index (χ3v) is 6.33. The van der Waals surface area contributed by atoms with E-state index in [2.05, 4.69) is 26.6 Å². The highest BCUT2D eigenvalue weighted by Crippen LogP contribution is 2.07. The van der Waals surface area contributed by atoms with E-state index in [0.717, 1.165) is 13.0 Å². The Morgan fingerprint density at radius 1 is 1.06 bits per heavy atom. The Morgan fingerprint density at radius 3 is 2.31 bits per heavy atom. The Hall–Kier alpha value is -2.42. The summed E-state index contributed by atoms with van der Waals surface area (Å²) in [6.45, 7) is 2.02. The van der Waals surface area contributed by atoms with Crippen LogP contribution < -0.4 is 32.3 Å².